The van der Waals surface area contributed by atoms with Crippen LogP contribution in [0, 0.1) is 18.7 Å². The predicted octanol–water partition coefficient (Wildman–Crippen LogP) is 0.630. The quantitative estimate of drug-likeness (QED) is 0.772. The SMILES string of the molecule is Cc1c(C(=O)NCC2CNCC2O)cnn1-c1ccccc1F. The Bertz CT molecular complexity index is 716. The Labute approximate surface area is 133 Å². The first-order valence-electron chi connectivity index (χ1n) is 7.54. The maximum Gasteiger partial charge on any atom is 0.254 e. The Kier molecular flexibility index (Phi) is 4.40. The van der Waals surface area contributed by atoms with E-state index in [4.69, 9.17) is 0 Å². The number of halogens is 1. The minimum Gasteiger partial charge on any atom is -0.391 e. The van der Waals surface area contributed by atoms with Gasteiger partial charge < -0.3 is 15.7 Å². The molecule has 3 rings (SSSR count). The summed E-state index contributed by atoms with van der Waals surface area (Å²) in [6.45, 7) is 3.33. The molecule has 1 aromatic heterocycles. The van der Waals surface area contributed by atoms with Crippen LogP contribution < -0.4 is 10.6 Å². The van der Waals surface area contributed by atoms with Gasteiger partial charge in [0.25, 0.3) is 5.91 Å². The van der Waals surface area contributed by atoms with Crippen LogP contribution in [0.2, 0.25) is 0 Å². The molecule has 0 aliphatic carbocycles. The number of aromatic nitrogens is 2. The summed E-state index contributed by atoms with van der Waals surface area (Å²) >= 11 is 0. The summed E-state index contributed by atoms with van der Waals surface area (Å²) in [6.07, 6.45) is 0.984. The topological polar surface area (TPSA) is 79.2 Å². The van der Waals surface area contributed by atoms with E-state index < -0.39 is 11.9 Å². The van der Waals surface area contributed by atoms with Crippen LogP contribution in [0.1, 0.15) is 16.1 Å². The van der Waals surface area contributed by atoms with E-state index in [9.17, 15) is 14.3 Å². The molecule has 6 nitrogen and oxygen atoms in total. The molecule has 1 fully saturated rings. The molecule has 3 N–H and O–H groups in total. The van der Waals surface area contributed by atoms with E-state index in [0.717, 1.165) is 0 Å². The number of β-amino-alcohol motifs (C(OH)–C–C–N with tert-alkyl or cyclic N) is 1. The molecular weight excluding hydrogens is 299 g/mol. The minimum absolute atomic E-state index is 0.000804. The van der Waals surface area contributed by atoms with Crippen molar-refractivity contribution < 1.29 is 14.3 Å². The average molecular weight is 318 g/mol. The lowest BCUT2D eigenvalue weighted by Gasteiger charge is -2.14. The Morgan fingerprint density at radius 3 is 2.96 bits per heavy atom. The number of amides is 1. The molecule has 0 spiro atoms. The molecule has 0 bridgehead atoms. The molecule has 0 saturated carbocycles. The molecule has 23 heavy (non-hydrogen) atoms. The van der Waals surface area contributed by atoms with Crippen molar-refractivity contribution in [3.8, 4) is 5.69 Å². The summed E-state index contributed by atoms with van der Waals surface area (Å²) < 4.78 is 15.3. The maximum absolute atomic E-state index is 13.9. The van der Waals surface area contributed by atoms with E-state index in [1.54, 1.807) is 25.1 Å². The first-order chi connectivity index (χ1) is 11.1. The van der Waals surface area contributed by atoms with Crippen molar-refractivity contribution in [3.63, 3.8) is 0 Å². The molecule has 2 atom stereocenters. The van der Waals surface area contributed by atoms with Gasteiger partial charge in [-0.25, -0.2) is 9.07 Å². The number of aliphatic hydroxyl groups is 1. The highest BCUT2D eigenvalue weighted by Gasteiger charge is 2.26. The number of carbonyl (C=O) groups excluding carboxylic acids is 1. The molecule has 2 unspecified atom stereocenters. The van der Waals surface area contributed by atoms with E-state index in [-0.39, 0.29) is 11.8 Å². The number of rotatable bonds is 4. The van der Waals surface area contributed by atoms with Crippen molar-refractivity contribution in [1.29, 1.82) is 0 Å². The van der Waals surface area contributed by atoms with Gasteiger partial charge in [0, 0.05) is 25.6 Å². The Hall–Kier alpha value is -2.25. The van der Waals surface area contributed by atoms with Crippen molar-refractivity contribution in [1.82, 2.24) is 20.4 Å². The van der Waals surface area contributed by atoms with Crippen LogP contribution in [0.3, 0.4) is 0 Å². The van der Waals surface area contributed by atoms with Crippen molar-refractivity contribution in [2.75, 3.05) is 19.6 Å². The third-order valence-corrected chi connectivity index (χ3v) is 4.16. The molecular formula is C16H19FN4O2. The fraction of sp³-hybridized carbons (Fsp3) is 0.375. The van der Waals surface area contributed by atoms with Gasteiger partial charge in [-0.2, -0.15) is 5.10 Å². The van der Waals surface area contributed by atoms with Crippen LogP contribution in [0.15, 0.2) is 30.5 Å². The zero-order valence-corrected chi connectivity index (χ0v) is 12.8. The summed E-state index contributed by atoms with van der Waals surface area (Å²) in [5.74, 6) is -0.670. The van der Waals surface area contributed by atoms with E-state index in [2.05, 4.69) is 15.7 Å². The van der Waals surface area contributed by atoms with Gasteiger partial charge in [0.15, 0.2) is 0 Å². The predicted molar refractivity (Wildman–Crippen MR) is 83.0 cm³/mol. The monoisotopic (exact) mass is 318 g/mol. The van der Waals surface area contributed by atoms with Crippen LogP contribution in [0.5, 0.6) is 0 Å². The lowest BCUT2D eigenvalue weighted by Crippen LogP contribution is -2.34. The largest absolute Gasteiger partial charge is 0.391 e. The van der Waals surface area contributed by atoms with Crippen molar-refractivity contribution >= 4 is 5.91 Å². The molecule has 1 aromatic carbocycles. The fourth-order valence-electron chi connectivity index (χ4n) is 2.75. The number of nitrogens with zero attached hydrogens (tertiary/aromatic N) is 2. The van der Waals surface area contributed by atoms with Crippen molar-refractivity contribution in [2.45, 2.75) is 13.0 Å². The van der Waals surface area contributed by atoms with E-state index in [1.165, 1.54) is 16.9 Å². The summed E-state index contributed by atoms with van der Waals surface area (Å²) in [6, 6.07) is 6.28. The number of hydrogen-bond donors (Lipinski definition) is 3. The van der Waals surface area contributed by atoms with Gasteiger partial charge in [-0.1, -0.05) is 12.1 Å². The first kappa shape index (κ1) is 15.6. The zero-order chi connectivity index (χ0) is 16.4. The van der Waals surface area contributed by atoms with Crippen LogP contribution in [0.25, 0.3) is 5.69 Å². The highest BCUT2D eigenvalue weighted by molar-refractivity contribution is 5.95. The lowest BCUT2D eigenvalue weighted by atomic mass is 10.1. The Balaban J connectivity index is 1.74. The van der Waals surface area contributed by atoms with Gasteiger partial charge in [0.05, 0.1) is 23.6 Å². The van der Waals surface area contributed by atoms with Gasteiger partial charge in [0.1, 0.15) is 11.5 Å². The maximum atomic E-state index is 13.9. The number of benzene rings is 1. The summed E-state index contributed by atoms with van der Waals surface area (Å²) in [5.41, 5.74) is 1.27. The third kappa shape index (κ3) is 3.11. The highest BCUT2D eigenvalue weighted by Crippen LogP contribution is 2.17. The van der Waals surface area contributed by atoms with Crippen LogP contribution in [-0.2, 0) is 0 Å². The van der Waals surface area contributed by atoms with Crippen LogP contribution >= 0.6 is 0 Å². The fourth-order valence-corrected chi connectivity index (χ4v) is 2.75. The van der Waals surface area contributed by atoms with Gasteiger partial charge >= 0.3 is 0 Å². The molecule has 1 amide bonds. The normalized spacial score (nSPS) is 20.7. The van der Waals surface area contributed by atoms with Gasteiger partial charge in [-0.3, -0.25) is 4.79 Å². The molecule has 2 aromatic rings. The molecule has 1 aliphatic heterocycles. The number of hydrogen-bond acceptors (Lipinski definition) is 4. The molecule has 2 heterocycles. The van der Waals surface area contributed by atoms with Crippen LogP contribution in [-0.4, -0.2) is 46.5 Å². The molecule has 1 aliphatic rings. The van der Waals surface area contributed by atoms with E-state index in [1.807, 2.05) is 0 Å². The second kappa shape index (κ2) is 6.47. The molecule has 122 valence electrons. The smallest absolute Gasteiger partial charge is 0.254 e. The minimum atomic E-state index is -0.447. The second-order valence-corrected chi connectivity index (χ2v) is 5.70. The summed E-state index contributed by atoms with van der Waals surface area (Å²) in [4.78, 5) is 12.3. The zero-order valence-electron chi connectivity index (χ0n) is 12.8. The van der Waals surface area contributed by atoms with Crippen molar-refractivity contribution in [2.24, 2.45) is 5.92 Å². The number of aliphatic hydroxyl groups excluding tert-OH is 1. The number of nitrogens with one attached hydrogen (secondary N) is 2. The molecule has 1 saturated heterocycles. The lowest BCUT2D eigenvalue weighted by molar-refractivity contribution is 0.0926. The van der Waals surface area contributed by atoms with Crippen LogP contribution in [0.4, 0.5) is 4.39 Å². The van der Waals surface area contributed by atoms with E-state index in [0.29, 0.717) is 36.6 Å². The summed E-state index contributed by atoms with van der Waals surface area (Å²) in [7, 11) is 0. The second-order valence-electron chi connectivity index (χ2n) is 5.70. The number of para-hydroxylation sites is 1. The first-order valence-corrected chi connectivity index (χ1v) is 7.54. The Morgan fingerprint density at radius 2 is 2.26 bits per heavy atom. The van der Waals surface area contributed by atoms with Gasteiger partial charge in [-0.15, -0.1) is 0 Å². The summed E-state index contributed by atoms with van der Waals surface area (Å²) in [5, 5.41) is 19.7. The number of carbonyl (C=O) groups is 1. The molecule has 7 heteroatoms. The molecule has 0 radical (unpaired) electrons. The Morgan fingerprint density at radius 1 is 1.48 bits per heavy atom. The van der Waals surface area contributed by atoms with Gasteiger partial charge in [-0.05, 0) is 19.1 Å². The highest BCUT2D eigenvalue weighted by atomic mass is 19.1. The van der Waals surface area contributed by atoms with Crippen molar-refractivity contribution in [3.05, 3.63) is 47.5 Å². The van der Waals surface area contributed by atoms with Gasteiger partial charge in [0.2, 0.25) is 0 Å². The standard InChI is InChI=1S/C16H19FN4O2/c1-10-12(16(23)19-7-11-6-18-9-15(11)22)8-20-21(10)14-5-3-2-4-13(14)17/h2-5,8,11,15,18,22H,6-7,9H2,1H3,(H,19,23). The third-order valence-electron chi connectivity index (χ3n) is 4.16. The van der Waals surface area contributed by atoms with E-state index >= 15 is 0 Å². The average Bonchev–Trinajstić information content (AvgIpc) is 3.11.